The zero-order valence-electron chi connectivity index (χ0n) is 46.2. The van der Waals surface area contributed by atoms with Crippen molar-refractivity contribution in [2.45, 2.75) is 195 Å². The second-order valence-corrected chi connectivity index (χ2v) is 24.4. The zero-order chi connectivity index (χ0) is 53.0. The number of hydrogen-bond donors (Lipinski definition) is 6. The van der Waals surface area contributed by atoms with Gasteiger partial charge in [0.15, 0.2) is 0 Å². The van der Waals surface area contributed by atoms with Crippen LogP contribution >= 0.6 is 0 Å². The lowest BCUT2D eigenvalue weighted by Gasteiger charge is -2.28. The van der Waals surface area contributed by atoms with E-state index in [0.29, 0.717) is 77.7 Å². The molecule has 4 aromatic carbocycles. The first-order chi connectivity index (χ1) is 33.8. The molecule has 1 aliphatic carbocycles. The molecule has 396 valence electrons. The Morgan fingerprint density at radius 1 is 0.417 bits per heavy atom. The fourth-order valence-corrected chi connectivity index (χ4v) is 9.28. The van der Waals surface area contributed by atoms with Crippen LogP contribution in [-0.4, -0.2) is 71.8 Å². The number of aromatic hydroxyl groups is 2. The number of phenols is 2. The first kappa shape index (κ1) is 57.8. The summed E-state index contributed by atoms with van der Waals surface area (Å²) in [7, 11) is 0. The number of ether oxygens (including phenoxy) is 2. The van der Waals surface area contributed by atoms with Gasteiger partial charge in [0.2, 0.25) is 11.8 Å². The number of unbranched alkanes of at least 4 members (excludes halogenated alkanes) is 4. The number of benzene rings is 4. The van der Waals surface area contributed by atoms with E-state index in [9.17, 15) is 19.8 Å². The summed E-state index contributed by atoms with van der Waals surface area (Å²) in [6.07, 6.45) is 8.14. The highest BCUT2D eigenvalue weighted by Gasteiger charge is 2.29. The number of carbonyl (C=O) groups is 2. The fourth-order valence-electron chi connectivity index (χ4n) is 9.28. The normalized spacial score (nSPS) is 13.2. The second kappa shape index (κ2) is 25.3. The summed E-state index contributed by atoms with van der Waals surface area (Å²) < 4.78 is 13.9. The van der Waals surface area contributed by atoms with Gasteiger partial charge in [-0.2, -0.15) is 0 Å². The number of amides is 2. The Morgan fingerprint density at radius 3 is 0.931 bits per heavy atom. The van der Waals surface area contributed by atoms with Crippen molar-refractivity contribution >= 4 is 11.8 Å². The first-order valence-electron chi connectivity index (χ1n) is 26.8. The first-order valence-corrected chi connectivity index (χ1v) is 26.8. The summed E-state index contributed by atoms with van der Waals surface area (Å²) in [5, 5.41) is 49.3. The predicted molar refractivity (Wildman–Crippen MR) is 292 cm³/mol. The molecule has 1 aliphatic rings. The Morgan fingerprint density at radius 2 is 0.681 bits per heavy atom. The van der Waals surface area contributed by atoms with Crippen molar-refractivity contribution in [3.05, 3.63) is 115 Å². The summed E-state index contributed by atoms with van der Waals surface area (Å²) in [5.41, 5.74) is 10.7. The van der Waals surface area contributed by atoms with Crippen LogP contribution in [0.2, 0.25) is 0 Å². The monoisotopic (exact) mass is 991 g/mol. The van der Waals surface area contributed by atoms with Crippen LogP contribution in [0.4, 0.5) is 0 Å². The third kappa shape index (κ3) is 16.5. The van der Waals surface area contributed by atoms with E-state index in [-0.39, 0.29) is 58.2 Å². The van der Waals surface area contributed by atoms with Crippen LogP contribution in [0, 0.1) is 0 Å². The number of phenolic OH excluding ortho intramolecular Hbond substituents is 2. The summed E-state index contributed by atoms with van der Waals surface area (Å²) >= 11 is 0. The molecule has 0 heterocycles. The van der Waals surface area contributed by atoms with E-state index in [4.69, 9.17) is 19.7 Å². The van der Waals surface area contributed by atoms with Gasteiger partial charge in [-0.1, -0.05) is 132 Å². The standard InChI is InChI=1S/C62H90N2O8/c1-59(2,3)49-33-41-29-45-37-51(61(7,8)9)39-47(57(45)71-27-17-13-15-21-53(67)63-23-19-25-65)31-43-35-50(60(4,5)6)36-44(56(43)70)32-48-40-52(62(10,11)12)38-46(30-42(34-49)55(41)69)58(48)72-28-18-14-16-22-54(68)64-24-20-26-66/h33-40,65-66,69-70H,13-32H2,1-12H3,(H,63,67)(H,64,68). The molecular formula is C62H90N2O8. The minimum atomic E-state index is -0.232. The molecule has 0 unspecified atom stereocenters. The van der Waals surface area contributed by atoms with Crippen LogP contribution in [0.1, 0.15) is 214 Å². The van der Waals surface area contributed by atoms with Gasteiger partial charge in [-0.15, -0.1) is 0 Å². The van der Waals surface area contributed by atoms with Crippen molar-refractivity contribution in [1.29, 1.82) is 0 Å². The summed E-state index contributed by atoms with van der Waals surface area (Å²) in [4.78, 5) is 24.8. The quantitative estimate of drug-likeness (QED) is 0.0421. The molecule has 2 amide bonds. The highest BCUT2D eigenvalue weighted by atomic mass is 16.5. The fraction of sp³-hybridized carbons (Fsp3) is 0.581. The minimum Gasteiger partial charge on any atom is -0.507 e. The van der Waals surface area contributed by atoms with E-state index >= 15 is 0 Å². The van der Waals surface area contributed by atoms with Gasteiger partial charge in [0.05, 0.1) is 13.2 Å². The van der Waals surface area contributed by atoms with Crippen LogP contribution in [0.25, 0.3) is 0 Å². The van der Waals surface area contributed by atoms with Gasteiger partial charge in [0.25, 0.3) is 0 Å². The van der Waals surface area contributed by atoms with E-state index in [0.717, 1.165) is 117 Å². The number of aliphatic hydroxyl groups excluding tert-OH is 2. The molecule has 0 radical (unpaired) electrons. The van der Waals surface area contributed by atoms with Gasteiger partial charge in [-0.3, -0.25) is 9.59 Å². The summed E-state index contributed by atoms with van der Waals surface area (Å²) in [6.45, 7) is 28.5. The number of hydrogen-bond acceptors (Lipinski definition) is 8. The van der Waals surface area contributed by atoms with Crippen LogP contribution in [-0.2, 0) is 56.9 Å². The van der Waals surface area contributed by atoms with Gasteiger partial charge < -0.3 is 40.5 Å². The van der Waals surface area contributed by atoms with Crippen molar-refractivity contribution in [3.8, 4) is 23.0 Å². The highest BCUT2D eigenvalue weighted by molar-refractivity contribution is 5.76. The lowest BCUT2D eigenvalue weighted by Crippen LogP contribution is -2.24. The van der Waals surface area contributed by atoms with Crippen molar-refractivity contribution in [1.82, 2.24) is 10.6 Å². The van der Waals surface area contributed by atoms with Crippen LogP contribution in [0.5, 0.6) is 23.0 Å². The number of carbonyl (C=O) groups excluding carboxylic acids is 2. The maximum absolute atomic E-state index is 12.7. The zero-order valence-corrected chi connectivity index (χ0v) is 46.2. The molecule has 0 aliphatic heterocycles. The second-order valence-electron chi connectivity index (χ2n) is 24.4. The molecule has 10 heteroatoms. The van der Waals surface area contributed by atoms with Gasteiger partial charge in [-0.05, 0) is 140 Å². The lowest BCUT2D eigenvalue weighted by atomic mass is 9.79. The Labute approximate surface area is 432 Å². The molecule has 0 spiro atoms. The van der Waals surface area contributed by atoms with Crippen molar-refractivity contribution in [2.24, 2.45) is 0 Å². The van der Waals surface area contributed by atoms with Gasteiger partial charge in [0.1, 0.15) is 23.0 Å². The van der Waals surface area contributed by atoms with E-state index in [2.05, 4.69) is 142 Å². The maximum Gasteiger partial charge on any atom is 0.219 e. The molecule has 0 fully saturated rings. The van der Waals surface area contributed by atoms with Gasteiger partial charge in [-0.25, -0.2) is 0 Å². The van der Waals surface area contributed by atoms with Crippen LogP contribution < -0.4 is 20.1 Å². The van der Waals surface area contributed by atoms with E-state index < -0.39 is 0 Å². The molecule has 4 aromatic rings. The molecule has 0 saturated carbocycles. The average molecular weight is 991 g/mol. The molecule has 0 saturated heterocycles. The lowest BCUT2D eigenvalue weighted by molar-refractivity contribution is -0.122. The molecule has 72 heavy (non-hydrogen) atoms. The van der Waals surface area contributed by atoms with Crippen molar-refractivity contribution < 1.29 is 39.5 Å². The van der Waals surface area contributed by atoms with Gasteiger partial charge in [0, 0.05) is 64.8 Å². The number of nitrogens with one attached hydrogen (secondary N) is 2. The Hall–Kier alpha value is -5.06. The summed E-state index contributed by atoms with van der Waals surface area (Å²) in [6, 6.07) is 17.6. The number of rotatable bonds is 20. The maximum atomic E-state index is 12.7. The molecular weight excluding hydrogens is 901 g/mol. The van der Waals surface area contributed by atoms with Crippen LogP contribution in [0.3, 0.4) is 0 Å². The van der Waals surface area contributed by atoms with Gasteiger partial charge >= 0.3 is 0 Å². The number of fused-ring (bicyclic) bond motifs is 8. The molecule has 5 rings (SSSR count). The molecule has 8 bridgehead atoms. The molecule has 6 N–H and O–H groups in total. The number of aliphatic hydroxyl groups is 2. The third-order valence-corrected chi connectivity index (χ3v) is 13.9. The van der Waals surface area contributed by atoms with Crippen molar-refractivity contribution in [2.75, 3.05) is 39.5 Å². The average Bonchev–Trinajstić information content (AvgIpc) is 3.28. The highest BCUT2D eigenvalue weighted by Crippen LogP contribution is 2.44. The minimum absolute atomic E-state index is 0.00770. The third-order valence-electron chi connectivity index (χ3n) is 13.9. The van der Waals surface area contributed by atoms with E-state index in [1.165, 1.54) is 0 Å². The Balaban J connectivity index is 1.69. The SMILES string of the molecule is CC(C)(C)c1cc2c(O)c(c1)Cc1cc(C(C)(C)C)cc(c1OCCCCCC(=O)NCCCO)Cc1cc(C(C)(C)C)cc(c1O)Cc1cc(C(C)(C)C)cc(c1OCCCCCC(=O)NCCCO)C2. The van der Waals surface area contributed by atoms with Crippen LogP contribution in [0.15, 0.2) is 48.5 Å². The topological polar surface area (TPSA) is 158 Å². The molecule has 0 atom stereocenters. The van der Waals surface area contributed by atoms with E-state index in [1.807, 2.05) is 0 Å². The van der Waals surface area contributed by atoms with Crippen molar-refractivity contribution in [3.63, 3.8) is 0 Å². The Bertz CT molecular complexity index is 2190. The van der Waals surface area contributed by atoms with E-state index in [1.54, 1.807) is 0 Å². The predicted octanol–water partition coefficient (Wildman–Crippen LogP) is 11.8. The largest absolute Gasteiger partial charge is 0.507 e. The molecule has 10 nitrogen and oxygen atoms in total. The smallest absolute Gasteiger partial charge is 0.219 e. The summed E-state index contributed by atoms with van der Waals surface area (Å²) in [5.74, 6) is 2.02. The molecule has 0 aromatic heterocycles. The Kier molecular flexibility index (Phi) is 20.3.